The van der Waals surface area contributed by atoms with E-state index in [9.17, 15) is 14.9 Å². The van der Waals surface area contributed by atoms with Crippen LogP contribution in [-0.4, -0.2) is 37.2 Å². The fourth-order valence-electron chi connectivity index (χ4n) is 1.54. The number of nitrogens with zero attached hydrogens (tertiary/aromatic N) is 1. The van der Waals surface area contributed by atoms with Crippen molar-refractivity contribution in [2.45, 2.75) is 11.3 Å². The first-order valence-electron chi connectivity index (χ1n) is 5.85. The highest BCUT2D eigenvalue weighted by molar-refractivity contribution is 7.98. The van der Waals surface area contributed by atoms with E-state index in [1.54, 1.807) is 18.4 Å². The second-order valence-corrected chi connectivity index (χ2v) is 4.70. The van der Waals surface area contributed by atoms with Crippen molar-refractivity contribution in [2.75, 3.05) is 26.4 Å². The average Bonchev–Trinajstić information content (AvgIpc) is 2.42. The van der Waals surface area contributed by atoms with E-state index >= 15 is 0 Å². The summed E-state index contributed by atoms with van der Waals surface area (Å²) in [4.78, 5) is 22.8. The molecule has 1 rings (SSSR count). The molecule has 1 aromatic carbocycles. The largest absolute Gasteiger partial charge is 0.352 e. The molecule has 0 aliphatic heterocycles. The van der Waals surface area contributed by atoms with Gasteiger partial charge in [-0.3, -0.25) is 14.9 Å². The SMILES string of the molecule is CNCCCNC(=O)c1ccc(SC)c([N+](=O)[O-])c1.Cl. The summed E-state index contributed by atoms with van der Waals surface area (Å²) in [6.07, 6.45) is 2.58. The van der Waals surface area contributed by atoms with E-state index in [1.807, 2.05) is 7.05 Å². The molecule has 0 atom stereocenters. The van der Waals surface area contributed by atoms with E-state index in [0.717, 1.165) is 13.0 Å². The van der Waals surface area contributed by atoms with Crippen LogP contribution in [0.25, 0.3) is 0 Å². The number of carbonyl (C=O) groups is 1. The molecule has 1 amide bonds. The molecule has 112 valence electrons. The van der Waals surface area contributed by atoms with Gasteiger partial charge in [-0.05, 0) is 38.4 Å². The second kappa shape index (κ2) is 9.57. The lowest BCUT2D eigenvalue weighted by Gasteiger charge is -2.06. The molecule has 2 N–H and O–H groups in total. The Kier molecular flexibility index (Phi) is 8.94. The first-order valence-corrected chi connectivity index (χ1v) is 7.08. The molecular formula is C12H18ClN3O3S. The Hall–Kier alpha value is -1.31. The zero-order valence-corrected chi connectivity index (χ0v) is 13.0. The molecule has 6 nitrogen and oxygen atoms in total. The van der Waals surface area contributed by atoms with Gasteiger partial charge >= 0.3 is 0 Å². The number of nitro groups is 1. The Morgan fingerprint density at radius 3 is 2.65 bits per heavy atom. The standard InChI is InChI=1S/C12H17N3O3S.ClH/c1-13-6-3-7-14-12(16)9-4-5-11(19-2)10(8-9)15(17)18;/h4-5,8,13H,3,6-7H2,1-2H3,(H,14,16);1H. The van der Waals surface area contributed by atoms with Gasteiger partial charge in [0.05, 0.1) is 9.82 Å². The molecule has 0 radical (unpaired) electrons. The third-order valence-electron chi connectivity index (χ3n) is 2.53. The van der Waals surface area contributed by atoms with Crippen LogP contribution in [0.5, 0.6) is 0 Å². The van der Waals surface area contributed by atoms with E-state index in [4.69, 9.17) is 0 Å². The minimum absolute atomic E-state index is 0. The van der Waals surface area contributed by atoms with Gasteiger partial charge in [-0.1, -0.05) is 0 Å². The third kappa shape index (κ3) is 5.36. The molecule has 0 saturated heterocycles. The summed E-state index contributed by atoms with van der Waals surface area (Å²) >= 11 is 1.29. The Bertz CT molecular complexity index is 471. The predicted molar refractivity (Wildman–Crippen MR) is 83.0 cm³/mol. The van der Waals surface area contributed by atoms with Crippen molar-refractivity contribution in [3.63, 3.8) is 0 Å². The van der Waals surface area contributed by atoms with Gasteiger partial charge in [0.2, 0.25) is 0 Å². The van der Waals surface area contributed by atoms with E-state index < -0.39 is 4.92 Å². The van der Waals surface area contributed by atoms with Crippen LogP contribution in [0, 0.1) is 10.1 Å². The van der Waals surface area contributed by atoms with Gasteiger partial charge in [-0.2, -0.15) is 0 Å². The van der Waals surface area contributed by atoms with Crippen LogP contribution in [0.15, 0.2) is 23.1 Å². The number of hydrogen-bond donors (Lipinski definition) is 2. The number of nitrogens with one attached hydrogen (secondary N) is 2. The van der Waals surface area contributed by atoms with Crippen LogP contribution in [0.1, 0.15) is 16.8 Å². The number of rotatable bonds is 7. The molecule has 0 aromatic heterocycles. The summed E-state index contributed by atoms with van der Waals surface area (Å²) in [6.45, 7) is 1.35. The molecule has 1 aromatic rings. The number of halogens is 1. The Balaban J connectivity index is 0.00000361. The molecular weight excluding hydrogens is 302 g/mol. The third-order valence-corrected chi connectivity index (χ3v) is 3.31. The molecule has 0 bridgehead atoms. The van der Waals surface area contributed by atoms with Crippen molar-refractivity contribution >= 4 is 35.8 Å². The number of nitro benzene ring substituents is 1. The lowest BCUT2D eigenvalue weighted by molar-refractivity contribution is -0.387. The molecule has 8 heteroatoms. The van der Waals surface area contributed by atoms with Crippen molar-refractivity contribution in [2.24, 2.45) is 0 Å². The number of thioether (sulfide) groups is 1. The minimum Gasteiger partial charge on any atom is -0.352 e. The van der Waals surface area contributed by atoms with E-state index in [0.29, 0.717) is 17.0 Å². The number of amides is 1. The summed E-state index contributed by atoms with van der Waals surface area (Å²) in [5, 5.41) is 16.6. The first kappa shape index (κ1) is 18.7. The molecule has 0 saturated carbocycles. The number of carbonyl (C=O) groups excluding carboxylic acids is 1. The lowest BCUT2D eigenvalue weighted by atomic mass is 10.2. The van der Waals surface area contributed by atoms with Crippen molar-refractivity contribution in [1.29, 1.82) is 0 Å². The van der Waals surface area contributed by atoms with Gasteiger partial charge in [0.1, 0.15) is 0 Å². The summed E-state index contributed by atoms with van der Waals surface area (Å²) in [6, 6.07) is 4.52. The van der Waals surface area contributed by atoms with Gasteiger partial charge in [0, 0.05) is 18.2 Å². The van der Waals surface area contributed by atoms with Crippen LogP contribution in [0.4, 0.5) is 5.69 Å². The molecule has 0 spiro atoms. The van der Waals surface area contributed by atoms with E-state index in [1.165, 1.54) is 17.8 Å². The molecule has 0 aliphatic carbocycles. The maximum Gasteiger partial charge on any atom is 0.283 e. The quantitative estimate of drug-likeness (QED) is 0.348. The summed E-state index contributed by atoms with van der Waals surface area (Å²) in [5.74, 6) is -0.285. The highest BCUT2D eigenvalue weighted by atomic mass is 35.5. The number of hydrogen-bond acceptors (Lipinski definition) is 5. The van der Waals surface area contributed by atoms with Crippen LogP contribution in [-0.2, 0) is 0 Å². The minimum atomic E-state index is -0.469. The fraction of sp³-hybridized carbons (Fsp3) is 0.417. The van der Waals surface area contributed by atoms with Gasteiger partial charge < -0.3 is 10.6 Å². The summed E-state index contributed by atoms with van der Waals surface area (Å²) in [7, 11) is 1.84. The van der Waals surface area contributed by atoms with Crippen LogP contribution >= 0.6 is 24.2 Å². The van der Waals surface area contributed by atoms with Crippen molar-refractivity contribution in [3.8, 4) is 0 Å². The van der Waals surface area contributed by atoms with E-state index in [2.05, 4.69) is 10.6 Å². The highest BCUT2D eigenvalue weighted by Gasteiger charge is 2.16. The average molecular weight is 320 g/mol. The normalized spacial score (nSPS) is 9.70. The predicted octanol–water partition coefficient (Wildman–Crippen LogP) is 2.08. The maximum absolute atomic E-state index is 11.8. The Morgan fingerprint density at radius 2 is 2.10 bits per heavy atom. The molecule has 0 fully saturated rings. The van der Waals surface area contributed by atoms with Crippen molar-refractivity contribution in [1.82, 2.24) is 10.6 Å². The van der Waals surface area contributed by atoms with Gasteiger partial charge in [0.15, 0.2) is 0 Å². The Morgan fingerprint density at radius 1 is 1.40 bits per heavy atom. The maximum atomic E-state index is 11.8. The topological polar surface area (TPSA) is 84.3 Å². The summed E-state index contributed by atoms with van der Waals surface area (Å²) < 4.78 is 0. The molecule has 0 unspecified atom stereocenters. The lowest BCUT2D eigenvalue weighted by Crippen LogP contribution is -2.26. The van der Waals surface area contributed by atoms with E-state index in [-0.39, 0.29) is 24.0 Å². The first-order chi connectivity index (χ1) is 9.10. The molecule has 0 aliphatic rings. The van der Waals surface area contributed by atoms with Crippen molar-refractivity contribution in [3.05, 3.63) is 33.9 Å². The Labute approximate surface area is 128 Å². The van der Waals surface area contributed by atoms with Crippen LogP contribution < -0.4 is 10.6 Å². The zero-order chi connectivity index (χ0) is 14.3. The smallest absolute Gasteiger partial charge is 0.283 e. The van der Waals surface area contributed by atoms with Gasteiger partial charge in [0.25, 0.3) is 11.6 Å². The van der Waals surface area contributed by atoms with Gasteiger partial charge in [-0.15, -0.1) is 24.2 Å². The number of benzene rings is 1. The molecule has 0 heterocycles. The molecule has 20 heavy (non-hydrogen) atoms. The zero-order valence-electron chi connectivity index (χ0n) is 11.3. The van der Waals surface area contributed by atoms with Gasteiger partial charge in [-0.25, -0.2) is 0 Å². The second-order valence-electron chi connectivity index (χ2n) is 3.86. The fourth-order valence-corrected chi connectivity index (χ4v) is 2.09. The van der Waals surface area contributed by atoms with Crippen LogP contribution in [0.2, 0.25) is 0 Å². The highest BCUT2D eigenvalue weighted by Crippen LogP contribution is 2.28. The van der Waals surface area contributed by atoms with Crippen LogP contribution in [0.3, 0.4) is 0 Å². The van der Waals surface area contributed by atoms with Crippen molar-refractivity contribution < 1.29 is 9.72 Å². The summed E-state index contributed by atoms with van der Waals surface area (Å²) in [5.41, 5.74) is 0.282. The monoisotopic (exact) mass is 319 g/mol.